The quantitative estimate of drug-likeness (QED) is 0.279. The van der Waals surface area contributed by atoms with Gasteiger partial charge in [-0.1, -0.05) is 26.0 Å². The van der Waals surface area contributed by atoms with E-state index in [0.29, 0.717) is 19.8 Å². The number of hydrogen-bond acceptors (Lipinski definition) is 4. The summed E-state index contributed by atoms with van der Waals surface area (Å²) in [6.07, 6.45) is 2.86. The van der Waals surface area contributed by atoms with Crippen LogP contribution in [0.3, 0.4) is 0 Å². The van der Waals surface area contributed by atoms with Crippen molar-refractivity contribution in [1.82, 2.24) is 10.6 Å². The van der Waals surface area contributed by atoms with E-state index in [2.05, 4.69) is 31.4 Å². The van der Waals surface area contributed by atoms with Crippen LogP contribution < -0.4 is 15.4 Å². The van der Waals surface area contributed by atoms with E-state index in [1.165, 1.54) is 0 Å². The molecule has 0 aliphatic carbocycles. The lowest BCUT2D eigenvalue weighted by Crippen LogP contribution is -2.43. The molecule has 0 atom stereocenters. The van der Waals surface area contributed by atoms with Gasteiger partial charge in [0.1, 0.15) is 12.4 Å². The molecule has 0 unspecified atom stereocenters. The van der Waals surface area contributed by atoms with Crippen LogP contribution in [0.25, 0.3) is 0 Å². The van der Waals surface area contributed by atoms with Gasteiger partial charge in [0.15, 0.2) is 5.96 Å². The van der Waals surface area contributed by atoms with E-state index in [1.54, 1.807) is 7.11 Å². The number of benzene rings is 1. The fraction of sp³-hybridized carbons (Fsp3) is 0.667. The molecule has 6 heteroatoms. The number of nitrogens with one attached hydrogen (secondary N) is 2. The van der Waals surface area contributed by atoms with Gasteiger partial charge < -0.3 is 25.2 Å². The van der Waals surface area contributed by atoms with Crippen molar-refractivity contribution in [3.63, 3.8) is 0 Å². The van der Waals surface area contributed by atoms with E-state index in [1.807, 2.05) is 24.3 Å². The molecule has 27 heavy (non-hydrogen) atoms. The Bertz CT molecular complexity index is 528. The van der Waals surface area contributed by atoms with Crippen molar-refractivity contribution in [2.24, 2.45) is 10.4 Å². The van der Waals surface area contributed by atoms with Gasteiger partial charge in [-0.2, -0.15) is 0 Å². The van der Waals surface area contributed by atoms with Gasteiger partial charge >= 0.3 is 0 Å². The fourth-order valence-corrected chi connectivity index (χ4v) is 2.90. The number of ether oxygens (including phenoxy) is 2. The maximum atomic E-state index is 9.38. The van der Waals surface area contributed by atoms with Crippen LogP contribution in [0.1, 0.15) is 45.6 Å². The van der Waals surface area contributed by atoms with Crippen LogP contribution in [0.15, 0.2) is 29.3 Å². The first-order chi connectivity index (χ1) is 13.1. The van der Waals surface area contributed by atoms with E-state index < -0.39 is 0 Å². The summed E-state index contributed by atoms with van der Waals surface area (Å²) in [5.74, 6) is 1.65. The van der Waals surface area contributed by atoms with Crippen LogP contribution >= 0.6 is 0 Å². The first-order valence-corrected chi connectivity index (χ1v) is 9.96. The maximum absolute atomic E-state index is 9.38. The molecule has 0 bridgehead atoms. The molecular formula is C21H37N3O3. The van der Waals surface area contributed by atoms with Gasteiger partial charge in [-0.3, -0.25) is 0 Å². The van der Waals surface area contributed by atoms with Gasteiger partial charge in [-0.25, -0.2) is 4.99 Å². The molecule has 0 saturated heterocycles. The third-order valence-electron chi connectivity index (χ3n) is 5.02. The van der Waals surface area contributed by atoms with Crippen LogP contribution in [0, 0.1) is 5.41 Å². The zero-order chi connectivity index (χ0) is 20.0. The highest BCUT2D eigenvalue weighted by Crippen LogP contribution is 2.29. The lowest BCUT2D eigenvalue weighted by Gasteiger charge is -2.32. The third kappa shape index (κ3) is 8.63. The molecule has 3 N–H and O–H groups in total. The maximum Gasteiger partial charge on any atom is 0.191 e. The summed E-state index contributed by atoms with van der Waals surface area (Å²) in [4.78, 5) is 4.69. The van der Waals surface area contributed by atoms with Crippen LogP contribution in [-0.2, 0) is 11.3 Å². The number of methoxy groups -OCH3 is 1. The molecule has 1 rings (SSSR count). The summed E-state index contributed by atoms with van der Waals surface area (Å²) in [7, 11) is 1.66. The Hall–Kier alpha value is -1.79. The summed E-state index contributed by atoms with van der Waals surface area (Å²) < 4.78 is 10.6. The second-order valence-corrected chi connectivity index (χ2v) is 6.71. The van der Waals surface area contributed by atoms with Crippen molar-refractivity contribution in [1.29, 1.82) is 0 Å². The van der Waals surface area contributed by atoms with E-state index in [4.69, 9.17) is 14.5 Å². The van der Waals surface area contributed by atoms with Crippen LogP contribution in [0.2, 0.25) is 0 Å². The van der Waals surface area contributed by atoms with Gasteiger partial charge in [0.05, 0.1) is 13.2 Å². The van der Waals surface area contributed by atoms with Crippen molar-refractivity contribution in [3.05, 3.63) is 29.8 Å². The molecule has 1 aromatic carbocycles. The van der Waals surface area contributed by atoms with E-state index in [9.17, 15) is 5.11 Å². The van der Waals surface area contributed by atoms with E-state index in [-0.39, 0.29) is 12.0 Å². The molecule has 6 nitrogen and oxygen atoms in total. The predicted molar refractivity (Wildman–Crippen MR) is 111 cm³/mol. The number of aliphatic hydroxyl groups is 1. The number of guanidine groups is 1. The number of rotatable bonds is 13. The molecular weight excluding hydrogens is 342 g/mol. The summed E-state index contributed by atoms with van der Waals surface area (Å²) >= 11 is 0. The van der Waals surface area contributed by atoms with Crippen LogP contribution in [-0.4, -0.2) is 51.1 Å². The molecule has 0 aliphatic heterocycles. The zero-order valence-corrected chi connectivity index (χ0v) is 17.4. The molecule has 0 heterocycles. The summed E-state index contributed by atoms with van der Waals surface area (Å²) in [6, 6.07) is 7.98. The van der Waals surface area contributed by atoms with E-state index in [0.717, 1.165) is 49.6 Å². The molecule has 0 amide bonds. The average Bonchev–Trinajstić information content (AvgIpc) is 2.70. The number of hydrogen-bond donors (Lipinski definition) is 3. The SMILES string of the molecule is CCNC(=NCc1ccc(OCCOC)cc1)NCC(CC)(CC)CCO. The Balaban J connectivity index is 2.64. The van der Waals surface area contributed by atoms with Crippen LogP contribution in [0.5, 0.6) is 5.75 Å². The van der Waals surface area contributed by atoms with Gasteiger partial charge in [0.25, 0.3) is 0 Å². The van der Waals surface area contributed by atoms with Gasteiger partial charge in [-0.15, -0.1) is 0 Å². The Morgan fingerprint density at radius 1 is 1.07 bits per heavy atom. The van der Waals surface area contributed by atoms with Gasteiger partial charge in [0.2, 0.25) is 0 Å². The van der Waals surface area contributed by atoms with Crippen LogP contribution in [0.4, 0.5) is 0 Å². The minimum Gasteiger partial charge on any atom is -0.491 e. The Kier molecular flexibility index (Phi) is 11.5. The lowest BCUT2D eigenvalue weighted by molar-refractivity contribution is 0.146. The normalized spacial score (nSPS) is 12.1. The zero-order valence-electron chi connectivity index (χ0n) is 17.4. The molecule has 154 valence electrons. The lowest BCUT2D eigenvalue weighted by atomic mass is 9.79. The highest BCUT2D eigenvalue weighted by atomic mass is 16.5. The minimum atomic E-state index is 0.103. The summed E-state index contributed by atoms with van der Waals surface area (Å²) in [5.41, 5.74) is 1.23. The number of nitrogens with zero attached hydrogens (tertiary/aromatic N) is 1. The molecule has 0 aliphatic rings. The second kappa shape index (κ2) is 13.4. The van der Waals surface area contributed by atoms with Crippen molar-refractivity contribution in [2.75, 3.05) is 40.0 Å². The second-order valence-electron chi connectivity index (χ2n) is 6.71. The highest BCUT2D eigenvalue weighted by Gasteiger charge is 2.25. The van der Waals surface area contributed by atoms with E-state index >= 15 is 0 Å². The fourth-order valence-electron chi connectivity index (χ4n) is 2.90. The van der Waals surface area contributed by atoms with Gasteiger partial charge in [0, 0.05) is 26.8 Å². The molecule has 0 aromatic heterocycles. The van der Waals surface area contributed by atoms with Crippen molar-refractivity contribution < 1.29 is 14.6 Å². The van der Waals surface area contributed by atoms with Crippen molar-refractivity contribution >= 4 is 5.96 Å². The third-order valence-corrected chi connectivity index (χ3v) is 5.02. The first kappa shape index (κ1) is 23.2. The van der Waals surface area contributed by atoms with Crippen molar-refractivity contribution in [3.8, 4) is 5.75 Å². The number of aliphatic imine (C=N–C) groups is 1. The standard InChI is InChI=1S/C21H37N3O3/c1-5-21(6-2,12-13-25)17-24-20(22-7-3)23-16-18-8-10-19(11-9-18)27-15-14-26-4/h8-11,25H,5-7,12-17H2,1-4H3,(H2,22,23,24). The smallest absolute Gasteiger partial charge is 0.191 e. The Morgan fingerprint density at radius 3 is 2.33 bits per heavy atom. The predicted octanol–water partition coefficient (Wildman–Crippen LogP) is 2.96. The summed E-state index contributed by atoms with van der Waals surface area (Å²) in [5, 5.41) is 16.1. The average molecular weight is 380 g/mol. The molecule has 0 spiro atoms. The molecule has 0 saturated carbocycles. The molecule has 1 aromatic rings. The van der Waals surface area contributed by atoms with Gasteiger partial charge in [-0.05, 0) is 49.3 Å². The topological polar surface area (TPSA) is 75.1 Å². The molecule has 0 fully saturated rings. The Labute approximate surface area is 164 Å². The summed E-state index contributed by atoms with van der Waals surface area (Å²) in [6.45, 7) is 9.98. The van der Waals surface area contributed by atoms with Crippen molar-refractivity contribution in [2.45, 2.75) is 46.6 Å². The number of aliphatic hydroxyl groups excluding tert-OH is 1. The largest absolute Gasteiger partial charge is 0.491 e. The monoisotopic (exact) mass is 379 g/mol. The Morgan fingerprint density at radius 2 is 1.78 bits per heavy atom. The highest BCUT2D eigenvalue weighted by molar-refractivity contribution is 5.79. The minimum absolute atomic E-state index is 0.103. The first-order valence-electron chi connectivity index (χ1n) is 9.96. The molecule has 0 radical (unpaired) electrons.